The molecule has 0 aliphatic heterocycles. The van der Waals surface area contributed by atoms with E-state index in [1.165, 1.54) is 0 Å². The van der Waals surface area contributed by atoms with Crippen molar-refractivity contribution in [1.29, 1.82) is 0 Å². The van der Waals surface area contributed by atoms with E-state index in [0.29, 0.717) is 6.54 Å². The maximum atomic E-state index is 11.7. The average molecular weight is 244 g/mol. The van der Waals surface area contributed by atoms with Gasteiger partial charge in [0.15, 0.2) is 0 Å². The number of rotatable bonds is 3. The first-order chi connectivity index (χ1) is 8.65. The Balaban J connectivity index is 1.86. The molecule has 2 rings (SSSR count). The second-order valence-corrected chi connectivity index (χ2v) is 4.19. The number of H-pyrrole nitrogens is 1. The lowest BCUT2D eigenvalue weighted by Crippen LogP contribution is -2.28. The van der Waals surface area contributed by atoms with Gasteiger partial charge in [-0.05, 0) is 26.0 Å². The van der Waals surface area contributed by atoms with E-state index in [1.54, 1.807) is 6.20 Å². The Hall–Kier alpha value is -2.30. The lowest BCUT2D eigenvalue weighted by Gasteiger charge is -2.07. The van der Waals surface area contributed by atoms with Crippen molar-refractivity contribution in [2.45, 2.75) is 20.4 Å². The minimum absolute atomic E-state index is 0.223. The fraction of sp³-hybridized carbons (Fsp3) is 0.231. The summed E-state index contributed by atoms with van der Waals surface area (Å²) in [6, 6.07) is 7.43. The highest BCUT2D eigenvalue weighted by molar-refractivity contribution is 5.89. The zero-order valence-corrected chi connectivity index (χ0v) is 10.4. The van der Waals surface area contributed by atoms with Gasteiger partial charge in [0.25, 0.3) is 0 Å². The molecule has 3 N–H and O–H groups in total. The number of carbonyl (C=O) groups is 1. The van der Waals surface area contributed by atoms with Crippen LogP contribution in [0.1, 0.15) is 16.8 Å². The van der Waals surface area contributed by atoms with Crippen molar-refractivity contribution in [1.82, 2.24) is 15.5 Å². The van der Waals surface area contributed by atoms with Crippen molar-refractivity contribution in [3.05, 3.63) is 47.3 Å². The van der Waals surface area contributed by atoms with E-state index in [0.717, 1.165) is 22.5 Å². The van der Waals surface area contributed by atoms with Gasteiger partial charge in [-0.2, -0.15) is 5.10 Å². The molecule has 0 fully saturated rings. The number of amides is 2. The zero-order valence-electron chi connectivity index (χ0n) is 10.4. The van der Waals surface area contributed by atoms with Crippen LogP contribution in [0.2, 0.25) is 0 Å². The number of benzene rings is 1. The van der Waals surface area contributed by atoms with Gasteiger partial charge in [0, 0.05) is 23.5 Å². The highest BCUT2D eigenvalue weighted by atomic mass is 16.2. The van der Waals surface area contributed by atoms with Crippen LogP contribution in [0.5, 0.6) is 0 Å². The molecule has 1 aromatic carbocycles. The standard InChI is InChI=1S/C13H16N4O/c1-9-3-5-12(6-4-9)16-13(18)14-7-11-8-15-17-10(11)2/h3-6,8H,7H2,1-2H3,(H,15,17)(H2,14,16,18). The van der Waals surface area contributed by atoms with Crippen LogP contribution in [-0.4, -0.2) is 16.2 Å². The normalized spacial score (nSPS) is 10.1. The van der Waals surface area contributed by atoms with Gasteiger partial charge in [-0.3, -0.25) is 5.10 Å². The van der Waals surface area contributed by atoms with Crippen LogP contribution in [0.4, 0.5) is 10.5 Å². The van der Waals surface area contributed by atoms with E-state index < -0.39 is 0 Å². The van der Waals surface area contributed by atoms with E-state index in [1.807, 2.05) is 38.1 Å². The zero-order chi connectivity index (χ0) is 13.0. The van der Waals surface area contributed by atoms with Gasteiger partial charge in [0.1, 0.15) is 0 Å². The summed E-state index contributed by atoms with van der Waals surface area (Å²) in [5, 5.41) is 12.3. The monoisotopic (exact) mass is 244 g/mol. The molecule has 1 heterocycles. The molecule has 0 radical (unpaired) electrons. The van der Waals surface area contributed by atoms with Crippen LogP contribution < -0.4 is 10.6 Å². The van der Waals surface area contributed by atoms with Gasteiger partial charge in [-0.1, -0.05) is 17.7 Å². The molecule has 0 saturated heterocycles. The summed E-state index contributed by atoms with van der Waals surface area (Å²) in [5.41, 5.74) is 3.89. The quantitative estimate of drug-likeness (QED) is 0.775. The molecule has 0 atom stereocenters. The summed E-state index contributed by atoms with van der Waals surface area (Å²) in [7, 11) is 0. The number of nitrogens with zero attached hydrogens (tertiary/aromatic N) is 1. The summed E-state index contributed by atoms with van der Waals surface area (Å²) in [6.07, 6.45) is 1.71. The molecule has 0 aliphatic carbocycles. The number of hydrogen-bond donors (Lipinski definition) is 3. The molecule has 94 valence electrons. The number of aromatic nitrogens is 2. The number of hydrogen-bond acceptors (Lipinski definition) is 2. The fourth-order valence-corrected chi connectivity index (χ4v) is 1.54. The maximum Gasteiger partial charge on any atom is 0.319 e. The van der Waals surface area contributed by atoms with Gasteiger partial charge in [0.2, 0.25) is 0 Å². The topological polar surface area (TPSA) is 69.8 Å². The minimum Gasteiger partial charge on any atom is -0.334 e. The first-order valence-electron chi connectivity index (χ1n) is 5.75. The van der Waals surface area contributed by atoms with E-state index in [9.17, 15) is 4.79 Å². The van der Waals surface area contributed by atoms with Crippen molar-refractivity contribution in [2.24, 2.45) is 0 Å². The van der Waals surface area contributed by atoms with Crippen molar-refractivity contribution < 1.29 is 4.79 Å². The van der Waals surface area contributed by atoms with E-state index in [-0.39, 0.29) is 6.03 Å². The summed E-state index contributed by atoms with van der Waals surface area (Å²) >= 11 is 0. The fourth-order valence-electron chi connectivity index (χ4n) is 1.54. The second-order valence-electron chi connectivity index (χ2n) is 4.19. The Morgan fingerprint density at radius 3 is 2.61 bits per heavy atom. The van der Waals surface area contributed by atoms with Gasteiger partial charge >= 0.3 is 6.03 Å². The molecule has 2 amide bonds. The molecule has 0 aliphatic rings. The number of nitrogens with one attached hydrogen (secondary N) is 3. The SMILES string of the molecule is Cc1ccc(NC(=O)NCc2cn[nH]c2C)cc1. The van der Waals surface area contributed by atoms with E-state index in [2.05, 4.69) is 20.8 Å². The molecule has 0 spiro atoms. The van der Waals surface area contributed by atoms with Crippen LogP contribution in [0.3, 0.4) is 0 Å². The third-order valence-corrected chi connectivity index (χ3v) is 2.68. The Kier molecular flexibility index (Phi) is 3.62. The molecule has 1 aromatic heterocycles. The molecular formula is C13H16N4O. The first kappa shape index (κ1) is 12.2. The molecule has 0 bridgehead atoms. The van der Waals surface area contributed by atoms with Gasteiger partial charge in [-0.25, -0.2) is 4.79 Å². The van der Waals surface area contributed by atoms with Gasteiger partial charge in [0.05, 0.1) is 6.20 Å². The molecule has 0 saturated carbocycles. The third-order valence-electron chi connectivity index (χ3n) is 2.68. The average Bonchev–Trinajstić information content (AvgIpc) is 2.75. The summed E-state index contributed by atoms with van der Waals surface area (Å²) in [4.78, 5) is 11.7. The molecule has 5 nitrogen and oxygen atoms in total. The molecule has 2 aromatic rings. The predicted molar refractivity (Wildman–Crippen MR) is 70.4 cm³/mol. The highest BCUT2D eigenvalue weighted by Crippen LogP contribution is 2.08. The Morgan fingerprint density at radius 1 is 1.28 bits per heavy atom. The van der Waals surface area contributed by atoms with E-state index in [4.69, 9.17) is 0 Å². The second kappa shape index (κ2) is 5.35. The molecule has 5 heteroatoms. The van der Waals surface area contributed by atoms with Crippen LogP contribution >= 0.6 is 0 Å². The van der Waals surface area contributed by atoms with Crippen LogP contribution in [-0.2, 0) is 6.54 Å². The van der Waals surface area contributed by atoms with Crippen LogP contribution in [0, 0.1) is 13.8 Å². The summed E-state index contributed by atoms with van der Waals surface area (Å²) < 4.78 is 0. The van der Waals surface area contributed by atoms with E-state index >= 15 is 0 Å². The lowest BCUT2D eigenvalue weighted by atomic mass is 10.2. The number of urea groups is 1. The number of aromatic amines is 1. The lowest BCUT2D eigenvalue weighted by molar-refractivity contribution is 0.251. The Morgan fingerprint density at radius 2 is 2.00 bits per heavy atom. The first-order valence-corrected chi connectivity index (χ1v) is 5.75. The molecule has 18 heavy (non-hydrogen) atoms. The van der Waals surface area contributed by atoms with Crippen molar-refractivity contribution in [3.63, 3.8) is 0 Å². The number of aryl methyl sites for hydroxylation is 2. The largest absolute Gasteiger partial charge is 0.334 e. The van der Waals surface area contributed by atoms with Crippen LogP contribution in [0.25, 0.3) is 0 Å². The van der Waals surface area contributed by atoms with Crippen molar-refractivity contribution >= 4 is 11.7 Å². The Bertz CT molecular complexity index is 530. The third kappa shape index (κ3) is 3.10. The van der Waals surface area contributed by atoms with Crippen molar-refractivity contribution in [3.8, 4) is 0 Å². The van der Waals surface area contributed by atoms with Crippen LogP contribution in [0.15, 0.2) is 30.5 Å². The molecule has 0 unspecified atom stereocenters. The molecular weight excluding hydrogens is 228 g/mol. The smallest absolute Gasteiger partial charge is 0.319 e. The van der Waals surface area contributed by atoms with Gasteiger partial charge in [-0.15, -0.1) is 0 Å². The highest BCUT2D eigenvalue weighted by Gasteiger charge is 2.04. The maximum absolute atomic E-state index is 11.7. The Labute approximate surface area is 106 Å². The minimum atomic E-state index is -0.223. The van der Waals surface area contributed by atoms with Crippen molar-refractivity contribution in [2.75, 3.05) is 5.32 Å². The summed E-state index contributed by atoms with van der Waals surface area (Å²) in [6.45, 7) is 4.38. The summed E-state index contributed by atoms with van der Waals surface area (Å²) in [5.74, 6) is 0. The van der Waals surface area contributed by atoms with Gasteiger partial charge < -0.3 is 10.6 Å². The number of carbonyl (C=O) groups excluding carboxylic acids is 1. The number of anilines is 1. The predicted octanol–water partition coefficient (Wildman–Crippen LogP) is 2.35.